The standard InChI is InChI=1S/C26H29N3O2.C2HF3O2/c1-28(20-12-7-4-8-13-20)16-17-29-22(18-27)24(19-10-5-3-6-11-19)25-21(26(29)30)14-9-15-23(25)31-2;3-2(4,5)1(6)7/h3,5-6,9-11,14-15,20H,4,7-8,12-13,16-17H2,1-2H3;(H,6,7). The van der Waals surface area contributed by atoms with Crippen molar-refractivity contribution in [3.63, 3.8) is 0 Å². The Bertz CT molecular complexity index is 1360. The Balaban J connectivity index is 0.000000505. The molecule has 0 amide bonds. The molecule has 1 aromatic heterocycles. The SMILES string of the molecule is COc1cccc2c(=O)n(CCN(C)C3CCCCC3)c(C#N)c(-c3ccccc3)c12.O=C(O)C(F)(F)F. The number of pyridine rings is 1. The molecule has 1 aliphatic carbocycles. The third-order valence-electron chi connectivity index (χ3n) is 6.76. The number of fused-ring (bicyclic) bond motifs is 1. The molecule has 2 aromatic carbocycles. The van der Waals surface area contributed by atoms with Crippen LogP contribution in [0.2, 0.25) is 0 Å². The molecule has 0 unspecified atom stereocenters. The van der Waals surface area contributed by atoms with E-state index in [9.17, 15) is 23.2 Å². The number of alkyl halides is 3. The van der Waals surface area contributed by atoms with Crippen molar-refractivity contribution >= 4 is 16.7 Å². The van der Waals surface area contributed by atoms with E-state index < -0.39 is 12.1 Å². The number of hydrogen-bond acceptors (Lipinski definition) is 5. The number of aromatic nitrogens is 1. The molecule has 1 N–H and O–H groups in total. The summed E-state index contributed by atoms with van der Waals surface area (Å²) in [7, 11) is 3.73. The molecule has 0 spiro atoms. The first-order valence-electron chi connectivity index (χ1n) is 12.3. The van der Waals surface area contributed by atoms with E-state index in [-0.39, 0.29) is 5.56 Å². The van der Waals surface area contributed by atoms with Crippen LogP contribution in [0, 0.1) is 11.3 Å². The van der Waals surface area contributed by atoms with Crippen molar-refractivity contribution in [1.82, 2.24) is 9.47 Å². The van der Waals surface area contributed by atoms with Gasteiger partial charge in [-0.05, 0) is 37.6 Å². The molecule has 38 heavy (non-hydrogen) atoms. The third kappa shape index (κ3) is 6.53. The van der Waals surface area contributed by atoms with Crippen LogP contribution in [0.25, 0.3) is 21.9 Å². The predicted molar refractivity (Wildman–Crippen MR) is 138 cm³/mol. The average Bonchev–Trinajstić information content (AvgIpc) is 2.92. The quantitative estimate of drug-likeness (QED) is 0.457. The van der Waals surface area contributed by atoms with E-state index >= 15 is 0 Å². The third-order valence-corrected chi connectivity index (χ3v) is 6.76. The molecular weight excluding hydrogens is 499 g/mol. The minimum absolute atomic E-state index is 0.137. The Kier molecular flexibility index (Phi) is 9.53. The van der Waals surface area contributed by atoms with Crippen molar-refractivity contribution < 1.29 is 27.8 Å². The zero-order valence-corrected chi connectivity index (χ0v) is 21.3. The minimum Gasteiger partial charge on any atom is -0.496 e. The summed E-state index contributed by atoms with van der Waals surface area (Å²) >= 11 is 0. The fourth-order valence-corrected chi connectivity index (χ4v) is 4.82. The highest BCUT2D eigenvalue weighted by molar-refractivity contribution is 6.02. The summed E-state index contributed by atoms with van der Waals surface area (Å²) in [5, 5.41) is 18.6. The lowest BCUT2D eigenvalue weighted by molar-refractivity contribution is -0.192. The van der Waals surface area contributed by atoms with Crippen LogP contribution in [-0.4, -0.2) is 53.5 Å². The summed E-state index contributed by atoms with van der Waals surface area (Å²) < 4.78 is 39.0. The van der Waals surface area contributed by atoms with Gasteiger partial charge in [-0.2, -0.15) is 18.4 Å². The number of methoxy groups -OCH3 is 1. The molecule has 0 radical (unpaired) electrons. The molecule has 0 atom stereocenters. The molecule has 1 heterocycles. The lowest BCUT2D eigenvalue weighted by atomic mass is 9.94. The van der Waals surface area contributed by atoms with E-state index in [1.54, 1.807) is 11.7 Å². The van der Waals surface area contributed by atoms with Gasteiger partial charge in [0.1, 0.15) is 17.5 Å². The van der Waals surface area contributed by atoms with Gasteiger partial charge < -0.3 is 14.7 Å². The van der Waals surface area contributed by atoms with Gasteiger partial charge in [-0.15, -0.1) is 0 Å². The summed E-state index contributed by atoms with van der Waals surface area (Å²) in [5.74, 6) is -2.15. The number of halogens is 3. The highest BCUT2D eigenvalue weighted by Gasteiger charge is 2.38. The number of nitriles is 1. The summed E-state index contributed by atoms with van der Waals surface area (Å²) in [5.41, 5.74) is 1.92. The number of hydrogen-bond donors (Lipinski definition) is 1. The number of nitrogens with zero attached hydrogens (tertiary/aromatic N) is 3. The number of likely N-dealkylation sites (N-methyl/N-ethyl adjacent to an activating group) is 1. The van der Waals surface area contributed by atoms with Crippen molar-refractivity contribution in [1.29, 1.82) is 5.26 Å². The molecule has 1 saturated carbocycles. The lowest BCUT2D eigenvalue weighted by Crippen LogP contribution is -2.37. The van der Waals surface area contributed by atoms with E-state index in [0.717, 1.165) is 17.7 Å². The molecule has 1 fully saturated rings. The summed E-state index contributed by atoms with van der Waals surface area (Å²) in [4.78, 5) is 24.7. The van der Waals surface area contributed by atoms with Crippen LogP contribution in [0.4, 0.5) is 13.2 Å². The number of carboxylic acids is 1. The Hall–Kier alpha value is -3.84. The fourth-order valence-electron chi connectivity index (χ4n) is 4.82. The first-order chi connectivity index (χ1) is 18.1. The molecule has 7 nitrogen and oxygen atoms in total. The fraction of sp³-hybridized carbons (Fsp3) is 0.393. The summed E-state index contributed by atoms with van der Waals surface area (Å²) in [6.07, 6.45) is 1.19. The topological polar surface area (TPSA) is 95.6 Å². The second kappa shape index (κ2) is 12.6. The molecule has 3 aromatic rings. The second-order valence-corrected chi connectivity index (χ2v) is 9.12. The van der Waals surface area contributed by atoms with E-state index in [0.29, 0.717) is 34.8 Å². The van der Waals surface area contributed by atoms with E-state index in [4.69, 9.17) is 14.6 Å². The highest BCUT2D eigenvalue weighted by atomic mass is 19.4. The maximum Gasteiger partial charge on any atom is 0.490 e. The Morgan fingerprint density at radius 3 is 2.32 bits per heavy atom. The van der Waals surface area contributed by atoms with E-state index in [1.165, 1.54) is 32.1 Å². The van der Waals surface area contributed by atoms with Crippen LogP contribution in [0.3, 0.4) is 0 Å². The Morgan fingerprint density at radius 2 is 1.76 bits per heavy atom. The van der Waals surface area contributed by atoms with Gasteiger partial charge in [0.05, 0.1) is 12.5 Å². The number of carbonyl (C=O) groups is 1. The van der Waals surface area contributed by atoms with Gasteiger partial charge in [0.25, 0.3) is 5.56 Å². The molecule has 0 saturated heterocycles. The van der Waals surface area contributed by atoms with E-state index in [2.05, 4.69) is 18.0 Å². The van der Waals surface area contributed by atoms with Crippen LogP contribution in [0.5, 0.6) is 5.75 Å². The van der Waals surface area contributed by atoms with Crippen LogP contribution >= 0.6 is 0 Å². The van der Waals surface area contributed by atoms with Crippen molar-refractivity contribution in [2.45, 2.75) is 50.9 Å². The van der Waals surface area contributed by atoms with Crippen LogP contribution in [0.15, 0.2) is 53.3 Å². The first-order valence-corrected chi connectivity index (χ1v) is 12.3. The molecular formula is C28H30F3N3O4. The van der Waals surface area contributed by atoms with Crippen LogP contribution in [-0.2, 0) is 11.3 Å². The maximum atomic E-state index is 13.5. The summed E-state index contributed by atoms with van der Waals surface area (Å²) in [6.45, 7) is 1.23. The van der Waals surface area contributed by atoms with Crippen molar-refractivity contribution in [2.24, 2.45) is 0 Å². The van der Waals surface area contributed by atoms with E-state index in [1.807, 2.05) is 48.5 Å². The first kappa shape index (κ1) is 28.7. The van der Waals surface area contributed by atoms with Crippen molar-refractivity contribution in [2.75, 3.05) is 20.7 Å². The Labute approximate surface area is 218 Å². The van der Waals surface area contributed by atoms with Gasteiger partial charge in [-0.1, -0.05) is 55.7 Å². The number of ether oxygens (including phenoxy) is 1. The molecule has 4 rings (SSSR count). The molecule has 202 valence electrons. The molecule has 0 bridgehead atoms. The predicted octanol–water partition coefficient (Wildman–Crippen LogP) is 5.45. The lowest BCUT2D eigenvalue weighted by Gasteiger charge is -2.31. The number of aliphatic carboxylic acids is 1. The number of benzene rings is 2. The normalized spacial score (nSPS) is 14.0. The molecule has 0 aliphatic heterocycles. The number of carboxylic acid groups (broad SMARTS) is 1. The highest BCUT2D eigenvalue weighted by Crippen LogP contribution is 2.36. The molecule has 10 heteroatoms. The van der Waals surface area contributed by atoms with Gasteiger partial charge in [0.2, 0.25) is 0 Å². The van der Waals surface area contributed by atoms with Crippen LogP contribution < -0.4 is 10.3 Å². The second-order valence-electron chi connectivity index (χ2n) is 9.12. The van der Waals surface area contributed by atoms with Gasteiger partial charge >= 0.3 is 12.1 Å². The molecule has 1 aliphatic rings. The summed E-state index contributed by atoms with van der Waals surface area (Å²) in [6, 6.07) is 18.2. The van der Waals surface area contributed by atoms with Crippen molar-refractivity contribution in [3.8, 4) is 22.9 Å². The van der Waals surface area contributed by atoms with Gasteiger partial charge in [0, 0.05) is 30.1 Å². The van der Waals surface area contributed by atoms with Crippen LogP contribution in [0.1, 0.15) is 37.8 Å². The van der Waals surface area contributed by atoms with Gasteiger partial charge in [0.15, 0.2) is 0 Å². The largest absolute Gasteiger partial charge is 0.496 e. The van der Waals surface area contributed by atoms with Gasteiger partial charge in [-0.25, -0.2) is 4.79 Å². The average molecular weight is 530 g/mol. The monoisotopic (exact) mass is 529 g/mol. The smallest absolute Gasteiger partial charge is 0.490 e. The zero-order chi connectivity index (χ0) is 27.9. The number of rotatable bonds is 6. The Morgan fingerprint density at radius 1 is 1.13 bits per heavy atom. The van der Waals surface area contributed by atoms with Gasteiger partial charge in [-0.3, -0.25) is 9.36 Å². The maximum absolute atomic E-state index is 13.5. The van der Waals surface area contributed by atoms with Crippen molar-refractivity contribution in [3.05, 3.63) is 64.6 Å². The minimum atomic E-state index is -5.08. The zero-order valence-electron chi connectivity index (χ0n) is 21.3.